The number of carbonyl (C=O) groups is 1. The first-order valence-electron chi connectivity index (χ1n) is 4.07. The number of nitrogens with one attached hydrogen (secondary N) is 1. The van der Waals surface area contributed by atoms with E-state index in [-0.39, 0.29) is 0 Å². The minimum absolute atomic E-state index is 0.521. The van der Waals surface area contributed by atoms with Crippen LogP contribution in [0.25, 0.3) is 0 Å². The second-order valence-corrected chi connectivity index (χ2v) is 2.49. The molecular weight excluding hydrogens is 168 g/mol. The highest BCUT2D eigenvalue weighted by atomic mass is 16.5. The maximum Gasteiger partial charge on any atom is 0.207 e. The molecule has 0 saturated heterocycles. The van der Waals surface area contributed by atoms with Crippen LogP contribution in [0.3, 0.4) is 0 Å². The van der Waals surface area contributed by atoms with Crippen LogP contribution in [0, 0.1) is 0 Å². The average Bonchev–Trinajstić information content (AvgIpc) is 2.19. The number of hydrogen-bond donors (Lipinski definition) is 1. The zero-order valence-electron chi connectivity index (χ0n) is 7.27. The molecule has 0 atom stereocenters. The zero-order chi connectivity index (χ0) is 9.36. The molecule has 1 amide bonds. The second-order valence-electron chi connectivity index (χ2n) is 2.49. The van der Waals surface area contributed by atoms with Crippen molar-refractivity contribution in [3.63, 3.8) is 0 Å². The summed E-state index contributed by atoms with van der Waals surface area (Å²) in [6.45, 7) is 1.60. The molecular formula is C9H12N2O2. The summed E-state index contributed by atoms with van der Waals surface area (Å²) in [7, 11) is 0. The van der Waals surface area contributed by atoms with Gasteiger partial charge in [0, 0.05) is 18.9 Å². The van der Waals surface area contributed by atoms with Crippen molar-refractivity contribution in [3.05, 3.63) is 30.1 Å². The monoisotopic (exact) mass is 180 g/mol. The van der Waals surface area contributed by atoms with Gasteiger partial charge in [0.2, 0.25) is 6.41 Å². The van der Waals surface area contributed by atoms with Crippen molar-refractivity contribution in [1.29, 1.82) is 0 Å². The van der Waals surface area contributed by atoms with Gasteiger partial charge in [-0.25, -0.2) is 0 Å². The van der Waals surface area contributed by atoms with Crippen molar-refractivity contribution in [3.8, 4) is 0 Å². The summed E-state index contributed by atoms with van der Waals surface area (Å²) < 4.78 is 5.26. The lowest BCUT2D eigenvalue weighted by Crippen LogP contribution is -2.17. The third-order valence-corrected chi connectivity index (χ3v) is 1.47. The van der Waals surface area contributed by atoms with Crippen molar-refractivity contribution < 1.29 is 9.53 Å². The third-order valence-electron chi connectivity index (χ3n) is 1.47. The van der Waals surface area contributed by atoms with Gasteiger partial charge in [-0.2, -0.15) is 0 Å². The van der Waals surface area contributed by atoms with E-state index in [1.807, 2.05) is 12.1 Å². The number of rotatable bonds is 6. The van der Waals surface area contributed by atoms with Crippen molar-refractivity contribution in [2.45, 2.75) is 6.61 Å². The van der Waals surface area contributed by atoms with E-state index in [0.29, 0.717) is 26.2 Å². The van der Waals surface area contributed by atoms with E-state index in [9.17, 15) is 4.79 Å². The van der Waals surface area contributed by atoms with E-state index in [1.54, 1.807) is 12.4 Å². The topological polar surface area (TPSA) is 51.2 Å². The van der Waals surface area contributed by atoms with E-state index < -0.39 is 0 Å². The number of aromatic nitrogens is 1. The van der Waals surface area contributed by atoms with Crippen molar-refractivity contribution in [1.82, 2.24) is 10.3 Å². The number of hydrogen-bond acceptors (Lipinski definition) is 3. The molecule has 0 bridgehead atoms. The summed E-state index contributed by atoms with van der Waals surface area (Å²) in [4.78, 5) is 13.8. The van der Waals surface area contributed by atoms with Crippen LogP contribution in [0.15, 0.2) is 24.5 Å². The van der Waals surface area contributed by atoms with Gasteiger partial charge < -0.3 is 10.1 Å². The fourth-order valence-corrected chi connectivity index (χ4v) is 0.864. The van der Waals surface area contributed by atoms with Crippen LogP contribution in [-0.4, -0.2) is 24.5 Å². The minimum atomic E-state index is 0.521. The fourth-order valence-electron chi connectivity index (χ4n) is 0.864. The first kappa shape index (κ1) is 9.67. The summed E-state index contributed by atoms with van der Waals surface area (Å²) in [5, 5.41) is 2.51. The van der Waals surface area contributed by atoms with Gasteiger partial charge in [-0.3, -0.25) is 9.78 Å². The molecule has 0 fully saturated rings. The predicted octanol–water partition coefficient (Wildman–Crippen LogP) is 0.344. The summed E-state index contributed by atoms with van der Waals surface area (Å²) in [5.74, 6) is 0. The number of ether oxygens (including phenoxy) is 1. The van der Waals surface area contributed by atoms with Gasteiger partial charge in [0.25, 0.3) is 0 Å². The van der Waals surface area contributed by atoms with Gasteiger partial charge in [-0.05, 0) is 11.6 Å². The maximum absolute atomic E-state index is 9.86. The molecule has 1 rings (SSSR count). The number of carbonyl (C=O) groups excluding carboxylic acids is 1. The van der Waals surface area contributed by atoms with Crippen LogP contribution in [-0.2, 0) is 16.1 Å². The van der Waals surface area contributed by atoms with Crippen molar-refractivity contribution >= 4 is 6.41 Å². The molecule has 1 aromatic heterocycles. The summed E-state index contributed by atoms with van der Waals surface area (Å²) in [5.41, 5.74) is 1.04. The van der Waals surface area contributed by atoms with Gasteiger partial charge in [0.05, 0.1) is 13.2 Å². The minimum Gasteiger partial charge on any atom is -0.375 e. The number of amides is 1. The molecule has 0 unspecified atom stereocenters. The third kappa shape index (κ3) is 4.22. The normalized spacial score (nSPS) is 9.54. The predicted molar refractivity (Wildman–Crippen MR) is 48.0 cm³/mol. The molecule has 13 heavy (non-hydrogen) atoms. The van der Waals surface area contributed by atoms with Gasteiger partial charge in [0.15, 0.2) is 0 Å². The van der Waals surface area contributed by atoms with Gasteiger partial charge in [-0.15, -0.1) is 0 Å². The maximum atomic E-state index is 9.86. The van der Waals surface area contributed by atoms with Gasteiger partial charge >= 0.3 is 0 Å². The molecule has 0 aliphatic heterocycles. The van der Waals surface area contributed by atoms with Crippen LogP contribution in [0.1, 0.15) is 5.56 Å². The molecule has 0 saturated carbocycles. The quantitative estimate of drug-likeness (QED) is 0.507. The van der Waals surface area contributed by atoms with E-state index in [4.69, 9.17) is 4.74 Å². The molecule has 4 heteroatoms. The first-order valence-corrected chi connectivity index (χ1v) is 4.07. The van der Waals surface area contributed by atoms with Gasteiger partial charge in [0.1, 0.15) is 0 Å². The van der Waals surface area contributed by atoms with Crippen LogP contribution >= 0.6 is 0 Å². The first-order chi connectivity index (χ1) is 6.43. The molecule has 0 aliphatic carbocycles. The summed E-state index contributed by atoms with van der Waals surface area (Å²) in [6, 6.07) is 3.81. The molecule has 4 nitrogen and oxygen atoms in total. The van der Waals surface area contributed by atoms with Gasteiger partial charge in [-0.1, -0.05) is 6.07 Å². The van der Waals surface area contributed by atoms with E-state index in [2.05, 4.69) is 10.3 Å². The molecule has 0 spiro atoms. The second kappa shape index (κ2) is 6.14. The summed E-state index contributed by atoms with van der Waals surface area (Å²) >= 11 is 0. The Bertz CT molecular complexity index is 239. The molecule has 1 aromatic rings. The van der Waals surface area contributed by atoms with Crippen molar-refractivity contribution in [2.24, 2.45) is 0 Å². The Morgan fingerprint density at radius 3 is 3.23 bits per heavy atom. The smallest absolute Gasteiger partial charge is 0.207 e. The Morgan fingerprint density at radius 2 is 2.54 bits per heavy atom. The van der Waals surface area contributed by atoms with Crippen LogP contribution in [0.4, 0.5) is 0 Å². The Labute approximate surface area is 76.9 Å². The largest absolute Gasteiger partial charge is 0.375 e. The molecule has 0 aliphatic rings. The van der Waals surface area contributed by atoms with E-state index in [1.165, 1.54) is 0 Å². The van der Waals surface area contributed by atoms with E-state index >= 15 is 0 Å². The lowest BCUT2D eigenvalue weighted by Gasteiger charge is -2.02. The number of nitrogens with zero attached hydrogens (tertiary/aromatic N) is 1. The summed E-state index contributed by atoms with van der Waals surface area (Å²) in [6.07, 6.45) is 4.14. The van der Waals surface area contributed by atoms with Crippen LogP contribution < -0.4 is 5.32 Å². The van der Waals surface area contributed by atoms with Crippen molar-refractivity contribution in [2.75, 3.05) is 13.2 Å². The van der Waals surface area contributed by atoms with Crippen LogP contribution in [0.2, 0.25) is 0 Å². The molecule has 70 valence electrons. The van der Waals surface area contributed by atoms with E-state index in [0.717, 1.165) is 5.56 Å². The lowest BCUT2D eigenvalue weighted by atomic mass is 10.3. The molecule has 0 radical (unpaired) electrons. The Kier molecular flexibility index (Phi) is 4.56. The Balaban J connectivity index is 2.10. The zero-order valence-corrected chi connectivity index (χ0v) is 7.27. The SMILES string of the molecule is O=CNCCOCc1cccnc1. The Hall–Kier alpha value is -1.42. The number of pyridine rings is 1. The molecule has 1 heterocycles. The average molecular weight is 180 g/mol. The molecule has 0 aromatic carbocycles. The highest BCUT2D eigenvalue weighted by Crippen LogP contribution is 1.96. The Morgan fingerprint density at radius 1 is 1.62 bits per heavy atom. The fraction of sp³-hybridized carbons (Fsp3) is 0.333. The lowest BCUT2D eigenvalue weighted by molar-refractivity contribution is -0.109. The highest BCUT2D eigenvalue weighted by Gasteiger charge is 1.91. The highest BCUT2D eigenvalue weighted by molar-refractivity contribution is 5.45. The standard InChI is InChI=1S/C9H12N2O2/c12-8-11-4-5-13-7-9-2-1-3-10-6-9/h1-3,6,8H,4-5,7H2,(H,11,12). The molecule has 1 N–H and O–H groups in total. The van der Waals surface area contributed by atoms with Crippen LogP contribution in [0.5, 0.6) is 0 Å².